The Hall–Kier alpha value is -1.10. The summed E-state index contributed by atoms with van der Waals surface area (Å²) in [6.45, 7) is 7.03. The molecule has 4 heteroatoms. The SMILES string of the molecule is CCC(N)C(c1ccc(C)s1)N(C)Cc1ccc(C)o1. The smallest absolute Gasteiger partial charge is 0.118 e. The first-order valence-corrected chi connectivity index (χ1v) is 7.90. The number of nitrogens with two attached hydrogens (primary N) is 1. The molecule has 2 unspecified atom stereocenters. The van der Waals surface area contributed by atoms with E-state index >= 15 is 0 Å². The van der Waals surface area contributed by atoms with Crippen LogP contribution in [0.5, 0.6) is 0 Å². The number of likely N-dealkylation sites (N-methyl/N-ethyl adjacent to an activating group) is 1. The second-order valence-electron chi connectivity index (χ2n) is 5.39. The third-order valence-electron chi connectivity index (χ3n) is 3.61. The van der Waals surface area contributed by atoms with Gasteiger partial charge < -0.3 is 10.2 Å². The van der Waals surface area contributed by atoms with Gasteiger partial charge in [0.1, 0.15) is 11.5 Å². The normalized spacial score (nSPS) is 14.7. The Balaban J connectivity index is 2.17. The minimum absolute atomic E-state index is 0.133. The van der Waals surface area contributed by atoms with Gasteiger partial charge in [-0.1, -0.05) is 6.92 Å². The first-order valence-electron chi connectivity index (χ1n) is 7.08. The van der Waals surface area contributed by atoms with Gasteiger partial charge in [-0.05, 0) is 51.6 Å². The van der Waals surface area contributed by atoms with Crippen LogP contribution in [0.2, 0.25) is 0 Å². The van der Waals surface area contributed by atoms with Gasteiger partial charge >= 0.3 is 0 Å². The molecule has 0 fully saturated rings. The highest BCUT2D eigenvalue weighted by atomic mass is 32.1. The minimum atomic E-state index is 0.133. The van der Waals surface area contributed by atoms with Gasteiger partial charge in [0, 0.05) is 15.8 Å². The topological polar surface area (TPSA) is 42.4 Å². The molecular weight excluding hydrogens is 268 g/mol. The molecule has 0 bridgehead atoms. The number of hydrogen-bond acceptors (Lipinski definition) is 4. The van der Waals surface area contributed by atoms with E-state index in [1.54, 1.807) is 0 Å². The predicted octanol–water partition coefficient (Wildman–Crippen LogP) is 3.87. The fourth-order valence-electron chi connectivity index (χ4n) is 2.50. The highest BCUT2D eigenvalue weighted by Crippen LogP contribution is 2.31. The summed E-state index contributed by atoms with van der Waals surface area (Å²) >= 11 is 1.83. The fourth-order valence-corrected chi connectivity index (χ4v) is 3.62. The van der Waals surface area contributed by atoms with E-state index < -0.39 is 0 Å². The second kappa shape index (κ2) is 6.57. The number of hydrogen-bond donors (Lipinski definition) is 1. The van der Waals surface area contributed by atoms with Crippen LogP contribution in [-0.2, 0) is 6.54 Å². The van der Waals surface area contributed by atoms with Crippen LogP contribution in [0.3, 0.4) is 0 Å². The molecule has 2 aromatic rings. The van der Waals surface area contributed by atoms with E-state index in [2.05, 4.69) is 37.9 Å². The molecule has 2 aromatic heterocycles. The first kappa shape index (κ1) is 15.3. The van der Waals surface area contributed by atoms with Crippen LogP contribution in [0.25, 0.3) is 0 Å². The highest BCUT2D eigenvalue weighted by molar-refractivity contribution is 7.12. The molecule has 0 saturated heterocycles. The van der Waals surface area contributed by atoms with E-state index in [1.807, 2.05) is 30.4 Å². The van der Waals surface area contributed by atoms with Crippen molar-refractivity contribution in [2.45, 2.75) is 45.8 Å². The summed E-state index contributed by atoms with van der Waals surface area (Å²) < 4.78 is 5.68. The molecule has 2 rings (SSSR count). The monoisotopic (exact) mass is 292 g/mol. The van der Waals surface area contributed by atoms with Crippen LogP contribution in [0.4, 0.5) is 0 Å². The maximum atomic E-state index is 6.35. The number of nitrogens with zero attached hydrogens (tertiary/aromatic N) is 1. The zero-order valence-electron chi connectivity index (χ0n) is 12.7. The lowest BCUT2D eigenvalue weighted by Gasteiger charge is -2.31. The van der Waals surface area contributed by atoms with Gasteiger partial charge in [0.05, 0.1) is 12.6 Å². The van der Waals surface area contributed by atoms with Crippen molar-refractivity contribution in [3.8, 4) is 0 Å². The standard InChI is InChI=1S/C16H24N2OS/c1-5-14(17)16(15-9-7-12(3)20-15)18(4)10-13-8-6-11(2)19-13/h6-9,14,16H,5,10,17H2,1-4H3. The van der Waals surface area contributed by atoms with Crippen molar-refractivity contribution in [3.05, 3.63) is 45.5 Å². The Bertz CT molecular complexity index is 546. The number of thiophene rings is 1. The number of furan rings is 1. The molecule has 0 radical (unpaired) electrons. The molecule has 110 valence electrons. The van der Waals surface area contributed by atoms with E-state index in [0.29, 0.717) is 0 Å². The van der Waals surface area contributed by atoms with Crippen LogP contribution >= 0.6 is 11.3 Å². The van der Waals surface area contributed by atoms with Crippen molar-refractivity contribution >= 4 is 11.3 Å². The lowest BCUT2D eigenvalue weighted by molar-refractivity contribution is 0.190. The van der Waals surface area contributed by atoms with Crippen molar-refractivity contribution in [2.75, 3.05) is 7.05 Å². The van der Waals surface area contributed by atoms with Crippen LogP contribution in [0.15, 0.2) is 28.7 Å². The Morgan fingerprint density at radius 1 is 1.25 bits per heavy atom. The molecule has 0 aromatic carbocycles. The van der Waals surface area contributed by atoms with Crippen molar-refractivity contribution in [3.63, 3.8) is 0 Å². The molecule has 2 atom stereocenters. The molecule has 0 saturated carbocycles. The quantitative estimate of drug-likeness (QED) is 0.879. The highest BCUT2D eigenvalue weighted by Gasteiger charge is 2.25. The maximum absolute atomic E-state index is 6.35. The lowest BCUT2D eigenvalue weighted by atomic mass is 10.0. The zero-order chi connectivity index (χ0) is 14.7. The van der Waals surface area contributed by atoms with Crippen LogP contribution in [0.1, 0.15) is 40.7 Å². The van der Waals surface area contributed by atoms with Gasteiger partial charge in [0.2, 0.25) is 0 Å². The third kappa shape index (κ3) is 3.51. The number of rotatable bonds is 6. The van der Waals surface area contributed by atoms with Gasteiger partial charge in [0.25, 0.3) is 0 Å². The van der Waals surface area contributed by atoms with E-state index in [4.69, 9.17) is 10.2 Å². The molecule has 2 heterocycles. The Morgan fingerprint density at radius 3 is 2.50 bits per heavy atom. The summed E-state index contributed by atoms with van der Waals surface area (Å²) in [5, 5.41) is 0. The third-order valence-corrected chi connectivity index (χ3v) is 4.68. The summed E-state index contributed by atoms with van der Waals surface area (Å²) in [6.07, 6.45) is 0.961. The molecule has 2 N–H and O–H groups in total. The fraction of sp³-hybridized carbons (Fsp3) is 0.500. The van der Waals surface area contributed by atoms with E-state index in [1.165, 1.54) is 9.75 Å². The predicted molar refractivity (Wildman–Crippen MR) is 85.0 cm³/mol. The van der Waals surface area contributed by atoms with Crippen LogP contribution in [0, 0.1) is 13.8 Å². The molecule has 0 aliphatic heterocycles. The van der Waals surface area contributed by atoms with Gasteiger partial charge in [-0.2, -0.15) is 0 Å². The lowest BCUT2D eigenvalue weighted by Crippen LogP contribution is -2.38. The summed E-state index contributed by atoms with van der Waals surface area (Å²) in [4.78, 5) is 4.95. The summed E-state index contributed by atoms with van der Waals surface area (Å²) in [5.74, 6) is 1.95. The number of aryl methyl sites for hydroxylation is 2. The summed E-state index contributed by atoms with van der Waals surface area (Å²) in [5.41, 5.74) is 6.35. The summed E-state index contributed by atoms with van der Waals surface area (Å²) in [6, 6.07) is 8.79. The minimum Gasteiger partial charge on any atom is -0.465 e. The molecule has 0 aliphatic rings. The van der Waals surface area contributed by atoms with Gasteiger partial charge in [-0.25, -0.2) is 0 Å². The van der Waals surface area contributed by atoms with Crippen molar-refractivity contribution in [2.24, 2.45) is 5.73 Å². The first-order chi connectivity index (χ1) is 9.51. The Labute approximate surface area is 125 Å². The maximum Gasteiger partial charge on any atom is 0.118 e. The van der Waals surface area contributed by atoms with Crippen molar-refractivity contribution in [1.82, 2.24) is 4.90 Å². The zero-order valence-corrected chi connectivity index (χ0v) is 13.5. The van der Waals surface area contributed by atoms with Crippen molar-refractivity contribution in [1.29, 1.82) is 0 Å². The summed E-state index contributed by atoms with van der Waals surface area (Å²) in [7, 11) is 2.12. The van der Waals surface area contributed by atoms with Gasteiger partial charge in [-0.15, -0.1) is 11.3 Å². The van der Waals surface area contributed by atoms with Crippen LogP contribution in [-0.4, -0.2) is 18.0 Å². The molecular formula is C16H24N2OS. The second-order valence-corrected chi connectivity index (χ2v) is 6.71. The molecule has 0 amide bonds. The molecule has 0 spiro atoms. The molecule has 20 heavy (non-hydrogen) atoms. The van der Waals surface area contributed by atoms with E-state index in [9.17, 15) is 0 Å². The largest absolute Gasteiger partial charge is 0.465 e. The van der Waals surface area contributed by atoms with Crippen LogP contribution < -0.4 is 5.73 Å². The van der Waals surface area contributed by atoms with Crippen molar-refractivity contribution < 1.29 is 4.42 Å². The average molecular weight is 292 g/mol. The van der Waals surface area contributed by atoms with Gasteiger partial charge in [-0.3, -0.25) is 4.90 Å². The Morgan fingerprint density at radius 2 is 2.00 bits per heavy atom. The average Bonchev–Trinajstić information content (AvgIpc) is 2.99. The molecule has 0 aliphatic carbocycles. The Kier molecular flexibility index (Phi) is 5.02. The van der Waals surface area contributed by atoms with E-state index in [0.717, 1.165) is 24.5 Å². The van der Waals surface area contributed by atoms with Gasteiger partial charge in [0.15, 0.2) is 0 Å². The van der Waals surface area contributed by atoms with E-state index in [-0.39, 0.29) is 12.1 Å². The molecule has 3 nitrogen and oxygen atoms in total.